The van der Waals surface area contributed by atoms with Crippen LogP contribution in [-0.2, 0) is 4.79 Å². The van der Waals surface area contributed by atoms with Crippen molar-refractivity contribution in [3.63, 3.8) is 0 Å². The number of hydrogen-bond acceptors (Lipinski definition) is 5. The molecule has 0 unspecified atom stereocenters. The molecule has 0 amide bonds. The molecule has 8 nitrogen and oxygen atoms in total. The van der Waals surface area contributed by atoms with Gasteiger partial charge >= 0.3 is 12.0 Å². The maximum atomic E-state index is 11.2. The number of unbranched alkanes of at least 4 members (excludes halogenated alkanes) is 4. The Labute approximate surface area is 186 Å². The molecule has 0 aliphatic rings. The summed E-state index contributed by atoms with van der Waals surface area (Å²) in [6.07, 6.45) is 6.21. The van der Waals surface area contributed by atoms with Gasteiger partial charge in [-0.1, -0.05) is 49.1 Å². The van der Waals surface area contributed by atoms with Crippen LogP contribution in [-0.4, -0.2) is 32.2 Å². The minimum atomic E-state index is -0.754. The average molecular weight is 437 g/mol. The van der Waals surface area contributed by atoms with Crippen molar-refractivity contribution in [3.8, 4) is 23.0 Å². The van der Waals surface area contributed by atoms with Gasteiger partial charge in [-0.15, -0.1) is 0 Å². The van der Waals surface area contributed by atoms with Gasteiger partial charge in [0.2, 0.25) is 0 Å². The summed E-state index contributed by atoms with van der Waals surface area (Å²) in [6.45, 7) is 2.49. The summed E-state index contributed by atoms with van der Waals surface area (Å²) in [6, 6.07) is 14.8. The van der Waals surface area contributed by atoms with Crippen molar-refractivity contribution in [1.29, 1.82) is 0 Å². The number of non-ortho nitro benzene ring substituents is 1. The monoisotopic (exact) mass is 437 g/mol. The van der Waals surface area contributed by atoms with Crippen LogP contribution in [0.15, 0.2) is 54.7 Å². The number of aliphatic carboxylic acids is 1. The molecule has 0 bridgehead atoms. The lowest BCUT2D eigenvalue weighted by molar-refractivity contribution is -0.384. The third-order valence-corrected chi connectivity index (χ3v) is 5.14. The molecule has 0 atom stereocenters. The molecule has 0 saturated heterocycles. The Hall–Kier alpha value is -3.68. The van der Waals surface area contributed by atoms with E-state index in [1.807, 2.05) is 41.8 Å². The Morgan fingerprint density at radius 3 is 2.53 bits per heavy atom. The Morgan fingerprint density at radius 1 is 1.09 bits per heavy atom. The molecule has 2 aromatic carbocycles. The standard InChI is InChI=1S/C24H27N3O5/c1-18-11-13-20(14-12-18)26-22(19-8-7-9-21(16-19)27(30)31)17-25-24(26)32-15-6-4-2-3-5-10-23(28)29/h7-9,11-14,16-17H,2-6,10,15H2,1H3,(H,28,29). The van der Waals surface area contributed by atoms with Crippen LogP contribution in [0.25, 0.3) is 16.9 Å². The van der Waals surface area contributed by atoms with Gasteiger partial charge in [0, 0.05) is 24.1 Å². The normalized spacial score (nSPS) is 10.8. The third-order valence-electron chi connectivity index (χ3n) is 5.14. The molecule has 0 saturated carbocycles. The van der Waals surface area contributed by atoms with Crippen LogP contribution in [0.1, 0.15) is 44.1 Å². The fraction of sp³-hybridized carbons (Fsp3) is 0.333. The molecule has 1 N–H and O–H groups in total. The Balaban J connectivity index is 1.74. The summed E-state index contributed by atoms with van der Waals surface area (Å²) >= 11 is 0. The van der Waals surface area contributed by atoms with Gasteiger partial charge in [0.1, 0.15) is 0 Å². The van der Waals surface area contributed by atoms with E-state index in [4.69, 9.17) is 9.84 Å². The average Bonchev–Trinajstić information content (AvgIpc) is 3.20. The quantitative estimate of drug-likeness (QED) is 0.226. The SMILES string of the molecule is Cc1ccc(-n2c(-c3cccc([N+](=O)[O-])c3)cnc2OCCCCCCCC(=O)O)cc1. The number of benzene rings is 2. The van der Waals surface area contributed by atoms with Crippen LogP contribution < -0.4 is 4.74 Å². The van der Waals surface area contributed by atoms with E-state index in [0.29, 0.717) is 30.3 Å². The van der Waals surface area contributed by atoms with Crippen LogP contribution in [0.2, 0.25) is 0 Å². The first kappa shape index (κ1) is 23.0. The number of hydrogen-bond donors (Lipinski definition) is 1. The summed E-state index contributed by atoms with van der Waals surface area (Å²) in [5.74, 6) is -0.754. The van der Waals surface area contributed by atoms with Crippen LogP contribution in [0, 0.1) is 17.0 Å². The van der Waals surface area contributed by atoms with Crippen molar-refractivity contribution in [2.45, 2.75) is 45.4 Å². The number of aromatic nitrogens is 2. The lowest BCUT2D eigenvalue weighted by atomic mass is 10.1. The van der Waals surface area contributed by atoms with E-state index in [-0.39, 0.29) is 12.1 Å². The Kier molecular flexibility index (Phi) is 7.96. The smallest absolute Gasteiger partial charge is 0.303 e. The first-order valence-corrected chi connectivity index (χ1v) is 10.7. The molecule has 3 rings (SSSR count). The fourth-order valence-electron chi connectivity index (χ4n) is 3.43. The van der Waals surface area contributed by atoms with Crippen molar-refractivity contribution in [2.24, 2.45) is 0 Å². The Bertz CT molecular complexity index is 1060. The number of carbonyl (C=O) groups is 1. The molecular weight excluding hydrogens is 410 g/mol. The lowest BCUT2D eigenvalue weighted by Gasteiger charge is -2.13. The van der Waals surface area contributed by atoms with E-state index in [2.05, 4.69) is 4.98 Å². The molecule has 168 valence electrons. The molecule has 0 radical (unpaired) electrons. The summed E-state index contributed by atoms with van der Waals surface area (Å²) in [5, 5.41) is 19.9. The zero-order valence-corrected chi connectivity index (χ0v) is 18.1. The molecule has 0 aliphatic heterocycles. The lowest BCUT2D eigenvalue weighted by Crippen LogP contribution is -2.05. The highest BCUT2D eigenvalue weighted by molar-refractivity contribution is 5.66. The van der Waals surface area contributed by atoms with Gasteiger partial charge in [0.15, 0.2) is 0 Å². The summed E-state index contributed by atoms with van der Waals surface area (Å²) in [5.41, 5.74) is 3.39. The molecule has 0 aliphatic carbocycles. The molecule has 3 aromatic rings. The second kappa shape index (κ2) is 11.1. The van der Waals surface area contributed by atoms with Gasteiger partial charge in [-0.3, -0.25) is 19.5 Å². The number of ether oxygens (including phenoxy) is 1. The number of nitro benzene ring substituents is 1. The van der Waals surface area contributed by atoms with Crippen molar-refractivity contribution in [1.82, 2.24) is 9.55 Å². The van der Waals surface area contributed by atoms with E-state index in [0.717, 1.165) is 36.9 Å². The highest BCUT2D eigenvalue weighted by Crippen LogP contribution is 2.30. The number of carboxylic acids is 1. The Morgan fingerprint density at radius 2 is 1.81 bits per heavy atom. The van der Waals surface area contributed by atoms with E-state index < -0.39 is 10.9 Å². The number of carboxylic acid groups (broad SMARTS) is 1. The zero-order chi connectivity index (χ0) is 22.9. The van der Waals surface area contributed by atoms with Crippen LogP contribution in [0.4, 0.5) is 5.69 Å². The predicted molar refractivity (Wildman–Crippen MR) is 121 cm³/mol. The van der Waals surface area contributed by atoms with Gasteiger partial charge < -0.3 is 9.84 Å². The van der Waals surface area contributed by atoms with Gasteiger partial charge in [0.05, 0.1) is 29.1 Å². The zero-order valence-electron chi connectivity index (χ0n) is 18.1. The van der Waals surface area contributed by atoms with Crippen molar-refractivity contribution >= 4 is 11.7 Å². The highest BCUT2D eigenvalue weighted by Gasteiger charge is 2.17. The highest BCUT2D eigenvalue weighted by atomic mass is 16.6. The first-order valence-electron chi connectivity index (χ1n) is 10.7. The van der Waals surface area contributed by atoms with E-state index in [9.17, 15) is 14.9 Å². The summed E-state index contributed by atoms with van der Waals surface area (Å²) in [7, 11) is 0. The predicted octanol–water partition coefficient (Wildman–Crippen LogP) is 5.56. The number of aryl methyl sites for hydroxylation is 1. The number of imidazole rings is 1. The second-order valence-electron chi connectivity index (χ2n) is 7.66. The molecule has 1 aromatic heterocycles. The van der Waals surface area contributed by atoms with Crippen molar-refractivity contribution < 1.29 is 19.6 Å². The number of rotatable bonds is 12. The van der Waals surface area contributed by atoms with Crippen LogP contribution >= 0.6 is 0 Å². The third kappa shape index (κ3) is 6.16. The number of nitrogens with zero attached hydrogens (tertiary/aromatic N) is 3. The topological polar surface area (TPSA) is 107 Å². The van der Waals surface area contributed by atoms with Gasteiger partial charge in [0.25, 0.3) is 5.69 Å². The minimum absolute atomic E-state index is 0.0181. The molecule has 32 heavy (non-hydrogen) atoms. The molecule has 8 heteroatoms. The number of nitro groups is 1. The van der Waals surface area contributed by atoms with Gasteiger partial charge in [-0.2, -0.15) is 0 Å². The summed E-state index contributed by atoms with van der Waals surface area (Å²) < 4.78 is 7.84. The summed E-state index contributed by atoms with van der Waals surface area (Å²) in [4.78, 5) is 25.8. The maximum Gasteiger partial charge on any atom is 0.303 e. The first-order chi connectivity index (χ1) is 15.5. The molecule has 0 spiro atoms. The minimum Gasteiger partial charge on any atom is -0.481 e. The van der Waals surface area contributed by atoms with E-state index >= 15 is 0 Å². The van der Waals surface area contributed by atoms with Gasteiger partial charge in [-0.25, -0.2) is 4.98 Å². The van der Waals surface area contributed by atoms with E-state index in [1.165, 1.54) is 12.1 Å². The molecule has 1 heterocycles. The molecular formula is C24H27N3O5. The van der Waals surface area contributed by atoms with Crippen LogP contribution in [0.5, 0.6) is 6.01 Å². The van der Waals surface area contributed by atoms with Crippen molar-refractivity contribution in [2.75, 3.05) is 6.61 Å². The van der Waals surface area contributed by atoms with Crippen molar-refractivity contribution in [3.05, 3.63) is 70.4 Å². The van der Waals surface area contributed by atoms with Crippen LogP contribution in [0.3, 0.4) is 0 Å². The van der Waals surface area contributed by atoms with Gasteiger partial charge in [-0.05, 0) is 31.9 Å². The molecule has 0 fully saturated rings. The largest absolute Gasteiger partial charge is 0.481 e. The maximum absolute atomic E-state index is 11.2. The second-order valence-corrected chi connectivity index (χ2v) is 7.66. The van der Waals surface area contributed by atoms with E-state index in [1.54, 1.807) is 12.3 Å². The fourth-order valence-corrected chi connectivity index (χ4v) is 3.43.